The van der Waals surface area contributed by atoms with E-state index in [0.717, 1.165) is 45.8 Å². The summed E-state index contributed by atoms with van der Waals surface area (Å²) in [6, 6.07) is 2.00. The van der Waals surface area contributed by atoms with Crippen LogP contribution in [0.4, 0.5) is 10.6 Å². The minimum absolute atomic E-state index is 0.000791. The zero-order valence-electron chi connectivity index (χ0n) is 13.3. The number of likely N-dealkylation sites (N-methyl/N-ethyl adjacent to an activating group) is 1. The highest BCUT2D eigenvalue weighted by Crippen LogP contribution is 2.30. The van der Waals surface area contributed by atoms with E-state index < -0.39 is 0 Å². The van der Waals surface area contributed by atoms with Crippen molar-refractivity contribution in [2.75, 3.05) is 52.1 Å². The first kappa shape index (κ1) is 14.0. The van der Waals surface area contributed by atoms with Gasteiger partial charge in [-0.1, -0.05) is 0 Å². The van der Waals surface area contributed by atoms with Gasteiger partial charge in [0.2, 0.25) is 0 Å². The van der Waals surface area contributed by atoms with Crippen molar-refractivity contribution in [3.63, 3.8) is 0 Å². The average molecular weight is 304 g/mol. The third kappa shape index (κ3) is 2.48. The topological polar surface area (TPSA) is 56.6 Å². The van der Waals surface area contributed by atoms with E-state index in [-0.39, 0.29) is 6.03 Å². The quantitative estimate of drug-likeness (QED) is 0.814. The van der Waals surface area contributed by atoms with E-state index in [4.69, 9.17) is 0 Å². The second kappa shape index (κ2) is 5.24. The molecule has 2 saturated heterocycles. The summed E-state index contributed by atoms with van der Waals surface area (Å²) in [5.41, 5.74) is 1.17. The number of hydrogen-bond donors (Lipinski definition) is 1. The molecule has 0 spiro atoms. The highest BCUT2D eigenvalue weighted by molar-refractivity contribution is 5.88. The Morgan fingerprint density at radius 1 is 1.14 bits per heavy atom. The molecule has 1 aromatic rings. The molecular weight excluding hydrogens is 280 g/mol. The summed E-state index contributed by atoms with van der Waals surface area (Å²) in [6.45, 7) is 6.75. The Labute approximate surface area is 130 Å². The Kier molecular flexibility index (Phi) is 3.34. The number of nitrogens with one attached hydrogen (secondary N) is 1. The molecule has 120 valence electrons. The van der Waals surface area contributed by atoms with Gasteiger partial charge < -0.3 is 9.80 Å². The van der Waals surface area contributed by atoms with E-state index in [1.165, 1.54) is 5.69 Å². The van der Waals surface area contributed by atoms with Crippen LogP contribution < -0.4 is 5.32 Å². The fourth-order valence-electron chi connectivity index (χ4n) is 4.04. The van der Waals surface area contributed by atoms with Crippen molar-refractivity contribution in [1.29, 1.82) is 0 Å². The number of amides is 2. The number of fused-ring (bicyclic) bond motifs is 2. The van der Waals surface area contributed by atoms with Crippen LogP contribution in [0.25, 0.3) is 0 Å². The first-order valence-corrected chi connectivity index (χ1v) is 8.08. The minimum atomic E-state index is 0.000791. The number of nitrogens with zero attached hydrogens (tertiary/aromatic N) is 5. The lowest BCUT2D eigenvalue weighted by Crippen LogP contribution is -2.35. The Morgan fingerprint density at radius 3 is 2.59 bits per heavy atom. The van der Waals surface area contributed by atoms with Gasteiger partial charge in [-0.2, -0.15) is 5.10 Å². The Balaban J connectivity index is 1.39. The molecule has 0 radical (unpaired) electrons. The molecule has 2 amide bonds. The van der Waals surface area contributed by atoms with Crippen molar-refractivity contribution in [1.82, 2.24) is 24.5 Å². The summed E-state index contributed by atoms with van der Waals surface area (Å²) in [5.74, 6) is 1.96. The van der Waals surface area contributed by atoms with Crippen molar-refractivity contribution in [3.8, 4) is 0 Å². The van der Waals surface area contributed by atoms with Gasteiger partial charge in [-0.15, -0.1) is 0 Å². The normalized spacial score (nSPS) is 28.7. The summed E-state index contributed by atoms with van der Waals surface area (Å²) >= 11 is 0. The average Bonchev–Trinajstić information content (AvgIpc) is 3.09. The highest BCUT2D eigenvalue weighted by Gasteiger charge is 2.40. The molecule has 7 heteroatoms. The zero-order chi connectivity index (χ0) is 15.3. The van der Waals surface area contributed by atoms with E-state index >= 15 is 0 Å². The third-order valence-corrected chi connectivity index (χ3v) is 5.18. The van der Waals surface area contributed by atoms with Gasteiger partial charge in [-0.3, -0.25) is 14.9 Å². The second-order valence-electron chi connectivity index (χ2n) is 7.06. The van der Waals surface area contributed by atoms with Crippen molar-refractivity contribution < 1.29 is 4.79 Å². The van der Waals surface area contributed by atoms with Gasteiger partial charge in [0.25, 0.3) is 0 Å². The molecule has 4 rings (SSSR count). The fourth-order valence-corrected chi connectivity index (χ4v) is 4.04. The molecule has 7 nitrogen and oxygen atoms in total. The summed E-state index contributed by atoms with van der Waals surface area (Å²) in [6.07, 6.45) is 0. The minimum Gasteiger partial charge on any atom is -0.324 e. The van der Waals surface area contributed by atoms with Crippen LogP contribution in [0.5, 0.6) is 0 Å². The maximum atomic E-state index is 12.4. The third-order valence-electron chi connectivity index (χ3n) is 5.18. The molecule has 3 aliphatic rings. The van der Waals surface area contributed by atoms with Gasteiger partial charge in [-0.25, -0.2) is 4.79 Å². The molecular formula is C15H24N6O. The molecule has 0 unspecified atom stereocenters. The predicted molar refractivity (Wildman–Crippen MR) is 83.6 cm³/mol. The van der Waals surface area contributed by atoms with Crippen LogP contribution in [0.3, 0.4) is 0 Å². The van der Waals surface area contributed by atoms with Crippen LogP contribution in [0.2, 0.25) is 0 Å². The number of hydrogen-bond acceptors (Lipinski definition) is 4. The molecule has 1 N–H and O–H groups in total. The maximum absolute atomic E-state index is 12.4. The van der Waals surface area contributed by atoms with Crippen LogP contribution in [0.1, 0.15) is 5.69 Å². The molecule has 2 atom stereocenters. The lowest BCUT2D eigenvalue weighted by Gasteiger charge is -2.22. The molecule has 2 fully saturated rings. The van der Waals surface area contributed by atoms with Gasteiger partial charge in [0.15, 0.2) is 5.82 Å². The van der Waals surface area contributed by atoms with Crippen molar-refractivity contribution in [2.24, 2.45) is 11.8 Å². The molecule has 1 aromatic heterocycles. The smallest absolute Gasteiger partial charge is 0.323 e. The monoisotopic (exact) mass is 304 g/mol. The van der Waals surface area contributed by atoms with E-state index in [2.05, 4.69) is 34.3 Å². The van der Waals surface area contributed by atoms with E-state index in [9.17, 15) is 4.79 Å². The second-order valence-corrected chi connectivity index (χ2v) is 7.06. The van der Waals surface area contributed by atoms with Gasteiger partial charge in [-0.05, 0) is 25.9 Å². The molecule has 0 bridgehead atoms. The summed E-state index contributed by atoms with van der Waals surface area (Å²) in [7, 11) is 4.27. The summed E-state index contributed by atoms with van der Waals surface area (Å²) in [5, 5.41) is 7.48. The van der Waals surface area contributed by atoms with E-state index in [0.29, 0.717) is 17.7 Å². The zero-order valence-corrected chi connectivity index (χ0v) is 13.3. The van der Waals surface area contributed by atoms with Crippen molar-refractivity contribution in [3.05, 3.63) is 11.8 Å². The van der Waals surface area contributed by atoms with E-state index in [1.54, 1.807) is 0 Å². The van der Waals surface area contributed by atoms with Crippen molar-refractivity contribution >= 4 is 11.8 Å². The van der Waals surface area contributed by atoms with Crippen LogP contribution >= 0.6 is 0 Å². The van der Waals surface area contributed by atoms with E-state index in [1.807, 2.05) is 15.6 Å². The number of anilines is 1. The van der Waals surface area contributed by atoms with Gasteiger partial charge in [0.05, 0.1) is 12.2 Å². The summed E-state index contributed by atoms with van der Waals surface area (Å²) < 4.78 is 2.00. The molecule has 0 aliphatic carbocycles. The van der Waals surface area contributed by atoms with Crippen LogP contribution in [0.15, 0.2) is 6.07 Å². The molecule has 3 aliphatic heterocycles. The first-order chi connectivity index (χ1) is 10.6. The number of aromatic nitrogens is 2. The lowest BCUT2D eigenvalue weighted by molar-refractivity contribution is 0.215. The standard InChI is InChI=1S/C15H24N6O/c1-18-3-4-21-13(10-18)5-14(17-21)16-15(22)20-8-11-6-19(2)7-12(11)9-20/h5,11-12H,3-4,6-10H2,1-2H3,(H,16,17,22)/t11-,12+. The Hall–Kier alpha value is -1.60. The molecule has 0 saturated carbocycles. The maximum Gasteiger partial charge on any atom is 0.323 e. The van der Waals surface area contributed by atoms with Gasteiger partial charge in [0, 0.05) is 45.3 Å². The van der Waals surface area contributed by atoms with Crippen LogP contribution in [0, 0.1) is 11.8 Å². The van der Waals surface area contributed by atoms with Crippen LogP contribution in [-0.2, 0) is 13.1 Å². The number of carbonyl (C=O) groups is 1. The number of rotatable bonds is 1. The first-order valence-electron chi connectivity index (χ1n) is 8.08. The number of urea groups is 1. The van der Waals surface area contributed by atoms with Gasteiger partial charge in [0.1, 0.15) is 0 Å². The largest absolute Gasteiger partial charge is 0.324 e. The van der Waals surface area contributed by atoms with Gasteiger partial charge >= 0.3 is 6.03 Å². The fraction of sp³-hybridized carbons (Fsp3) is 0.733. The predicted octanol–water partition coefficient (Wildman–Crippen LogP) is 0.354. The summed E-state index contributed by atoms with van der Waals surface area (Å²) in [4.78, 5) is 19.0. The van der Waals surface area contributed by atoms with Crippen LogP contribution in [-0.4, -0.2) is 77.3 Å². The number of likely N-dealkylation sites (tertiary alicyclic amines) is 2. The highest BCUT2D eigenvalue weighted by atomic mass is 16.2. The SMILES string of the molecule is CN1CCn2nc(NC(=O)N3C[C@H]4CN(C)C[C@H]4C3)cc2C1. The molecule has 22 heavy (non-hydrogen) atoms. The molecule has 0 aromatic carbocycles. The Bertz CT molecular complexity index is 571. The lowest BCUT2D eigenvalue weighted by atomic mass is 10.0. The number of carbonyl (C=O) groups excluding carboxylic acids is 1. The molecule has 4 heterocycles. The Morgan fingerprint density at radius 2 is 1.86 bits per heavy atom. The van der Waals surface area contributed by atoms with Crippen molar-refractivity contribution in [2.45, 2.75) is 13.1 Å².